The normalized spacial score (nSPS) is 20.6. The number of likely N-dealkylation sites (N-methyl/N-ethyl adjacent to an activating group) is 1. The van der Waals surface area contributed by atoms with Crippen LogP contribution in [0.15, 0.2) is 48.5 Å². The lowest BCUT2D eigenvalue weighted by Gasteiger charge is -2.34. The van der Waals surface area contributed by atoms with Crippen LogP contribution < -0.4 is 4.74 Å². The topological polar surface area (TPSA) is 32.8 Å². The molecule has 4 rings (SSSR count). The highest BCUT2D eigenvalue weighted by Gasteiger charge is 2.54. The Morgan fingerprint density at radius 3 is 2.59 bits per heavy atom. The quantitative estimate of drug-likeness (QED) is 0.834. The minimum Gasteiger partial charge on any atom is -0.491 e. The Bertz CT molecular complexity index is 828. The zero-order valence-electron chi connectivity index (χ0n) is 16.4. The second-order valence-electron chi connectivity index (χ2n) is 8.22. The predicted octanol–water partition coefficient (Wildman–Crippen LogP) is 3.38. The molecule has 4 heteroatoms. The van der Waals surface area contributed by atoms with E-state index in [4.69, 9.17) is 4.74 Å². The zero-order chi connectivity index (χ0) is 19.0. The average Bonchev–Trinajstić information content (AvgIpc) is 3.47. The standard InChI is InChI=1S/C23H28N2O2/c1-17-9-10-21-18(13-17)14-25(20(16-27-21)15-24(2)3)22(26)23(11-12-23)19-7-5-4-6-8-19/h4-10,13,20H,11-12,14-16H2,1-3H3/t20-/m1/s1. The molecule has 1 fully saturated rings. The second-order valence-corrected chi connectivity index (χ2v) is 8.22. The van der Waals surface area contributed by atoms with Crippen LogP contribution in [0.3, 0.4) is 0 Å². The van der Waals surface area contributed by atoms with E-state index in [9.17, 15) is 4.79 Å². The molecule has 0 N–H and O–H groups in total. The molecule has 1 aliphatic heterocycles. The van der Waals surface area contributed by atoms with Crippen LogP contribution in [-0.2, 0) is 16.8 Å². The van der Waals surface area contributed by atoms with Crippen molar-refractivity contribution in [2.45, 2.75) is 37.8 Å². The third kappa shape index (κ3) is 3.46. The number of aryl methyl sites for hydroxylation is 1. The lowest BCUT2D eigenvalue weighted by Crippen LogP contribution is -2.50. The van der Waals surface area contributed by atoms with E-state index < -0.39 is 0 Å². The van der Waals surface area contributed by atoms with Crippen molar-refractivity contribution in [2.75, 3.05) is 27.2 Å². The third-order valence-corrected chi connectivity index (χ3v) is 5.75. The summed E-state index contributed by atoms with van der Waals surface area (Å²) < 4.78 is 6.12. The molecule has 0 radical (unpaired) electrons. The smallest absolute Gasteiger partial charge is 0.233 e. The molecule has 1 atom stereocenters. The lowest BCUT2D eigenvalue weighted by molar-refractivity contribution is -0.137. The van der Waals surface area contributed by atoms with Gasteiger partial charge in [-0.25, -0.2) is 0 Å². The SMILES string of the molecule is Cc1ccc2c(c1)CN(C(=O)C1(c3ccccc3)CC1)[C@H](CN(C)C)CO2. The first kappa shape index (κ1) is 18.1. The summed E-state index contributed by atoms with van der Waals surface area (Å²) in [4.78, 5) is 18.0. The van der Waals surface area contributed by atoms with Gasteiger partial charge >= 0.3 is 0 Å². The molecule has 0 unspecified atom stereocenters. The van der Waals surface area contributed by atoms with Crippen LogP contribution in [0, 0.1) is 6.92 Å². The first-order valence-corrected chi connectivity index (χ1v) is 9.73. The maximum Gasteiger partial charge on any atom is 0.233 e. The Labute approximate surface area is 161 Å². The Balaban J connectivity index is 1.69. The van der Waals surface area contributed by atoms with Gasteiger partial charge in [-0.2, -0.15) is 0 Å². The van der Waals surface area contributed by atoms with Gasteiger partial charge in [-0.15, -0.1) is 0 Å². The molecule has 2 aliphatic rings. The molecule has 0 aromatic heterocycles. The van der Waals surface area contributed by atoms with Crippen molar-refractivity contribution >= 4 is 5.91 Å². The molecule has 27 heavy (non-hydrogen) atoms. The number of carbonyl (C=O) groups is 1. The molecular formula is C23H28N2O2. The number of ether oxygens (including phenoxy) is 1. The maximum absolute atomic E-state index is 13.8. The van der Waals surface area contributed by atoms with Gasteiger partial charge in [0.25, 0.3) is 0 Å². The third-order valence-electron chi connectivity index (χ3n) is 5.75. The van der Waals surface area contributed by atoms with E-state index >= 15 is 0 Å². The fourth-order valence-corrected chi connectivity index (χ4v) is 4.15. The van der Waals surface area contributed by atoms with Crippen molar-refractivity contribution in [3.8, 4) is 5.75 Å². The van der Waals surface area contributed by atoms with Crippen molar-refractivity contribution in [1.82, 2.24) is 9.80 Å². The fraction of sp³-hybridized carbons (Fsp3) is 0.435. The van der Waals surface area contributed by atoms with E-state index in [1.165, 1.54) is 5.56 Å². The molecule has 0 bridgehead atoms. The summed E-state index contributed by atoms with van der Waals surface area (Å²) in [6, 6.07) is 16.6. The van der Waals surface area contributed by atoms with Crippen LogP contribution >= 0.6 is 0 Å². The minimum absolute atomic E-state index is 0.0430. The largest absolute Gasteiger partial charge is 0.491 e. The van der Waals surface area contributed by atoms with Crippen molar-refractivity contribution in [1.29, 1.82) is 0 Å². The van der Waals surface area contributed by atoms with Gasteiger partial charge in [-0.1, -0.05) is 48.0 Å². The molecule has 4 nitrogen and oxygen atoms in total. The molecule has 2 aromatic rings. The van der Waals surface area contributed by atoms with Crippen LogP contribution in [0.5, 0.6) is 5.75 Å². The van der Waals surface area contributed by atoms with Crippen LogP contribution in [-0.4, -0.2) is 49.0 Å². The number of amides is 1. The number of benzene rings is 2. The Kier molecular flexibility index (Phi) is 4.68. The molecule has 1 aliphatic carbocycles. The van der Waals surface area contributed by atoms with E-state index in [2.05, 4.69) is 55.1 Å². The lowest BCUT2D eigenvalue weighted by atomic mass is 9.93. The summed E-state index contributed by atoms with van der Waals surface area (Å²) in [6.07, 6.45) is 1.87. The molecule has 0 saturated heterocycles. The van der Waals surface area contributed by atoms with Crippen molar-refractivity contribution in [2.24, 2.45) is 0 Å². The van der Waals surface area contributed by atoms with E-state index in [0.29, 0.717) is 13.2 Å². The number of hydrogen-bond donors (Lipinski definition) is 0. The van der Waals surface area contributed by atoms with Gasteiger partial charge in [0.15, 0.2) is 0 Å². The van der Waals surface area contributed by atoms with Gasteiger partial charge in [-0.3, -0.25) is 4.79 Å². The van der Waals surface area contributed by atoms with Crippen molar-refractivity contribution < 1.29 is 9.53 Å². The predicted molar refractivity (Wildman–Crippen MR) is 107 cm³/mol. The first-order chi connectivity index (χ1) is 13.0. The van der Waals surface area contributed by atoms with Gasteiger partial charge in [0.1, 0.15) is 12.4 Å². The molecule has 2 aromatic carbocycles. The average molecular weight is 364 g/mol. The number of rotatable bonds is 4. The molecule has 0 spiro atoms. The summed E-state index contributed by atoms with van der Waals surface area (Å²) in [6.45, 7) is 4.03. The zero-order valence-corrected chi connectivity index (χ0v) is 16.4. The molecule has 1 saturated carbocycles. The monoisotopic (exact) mass is 364 g/mol. The maximum atomic E-state index is 13.8. The van der Waals surface area contributed by atoms with Gasteiger partial charge in [-0.05, 0) is 45.5 Å². The van der Waals surface area contributed by atoms with E-state index in [1.54, 1.807) is 0 Å². The summed E-state index contributed by atoms with van der Waals surface area (Å²) in [5, 5.41) is 0. The minimum atomic E-state index is -0.347. The van der Waals surface area contributed by atoms with Crippen molar-refractivity contribution in [3.05, 3.63) is 65.2 Å². The summed E-state index contributed by atoms with van der Waals surface area (Å²) >= 11 is 0. The fourth-order valence-electron chi connectivity index (χ4n) is 4.15. The second kappa shape index (κ2) is 7.01. The summed E-state index contributed by atoms with van der Waals surface area (Å²) in [5.74, 6) is 1.16. The Morgan fingerprint density at radius 2 is 1.93 bits per heavy atom. The van der Waals surface area contributed by atoms with E-state index in [0.717, 1.165) is 36.3 Å². The molecule has 1 heterocycles. The molecule has 1 amide bonds. The number of nitrogens with zero attached hydrogens (tertiary/aromatic N) is 2. The van der Waals surface area contributed by atoms with Crippen LogP contribution in [0.25, 0.3) is 0 Å². The van der Waals surface area contributed by atoms with Gasteiger partial charge in [0, 0.05) is 18.7 Å². The number of hydrogen-bond acceptors (Lipinski definition) is 3. The molecular weight excluding hydrogens is 336 g/mol. The van der Waals surface area contributed by atoms with Gasteiger partial charge < -0.3 is 14.5 Å². The van der Waals surface area contributed by atoms with Crippen LogP contribution in [0.4, 0.5) is 0 Å². The van der Waals surface area contributed by atoms with Gasteiger partial charge in [0.2, 0.25) is 5.91 Å². The van der Waals surface area contributed by atoms with Crippen LogP contribution in [0.1, 0.15) is 29.5 Å². The van der Waals surface area contributed by atoms with Crippen molar-refractivity contribution in [3.63, 3.8) is 0 Å². The summed E-state index contributed by atoms with van der Waals surface area (Å²) in [7, 11) is 4.10. The highest BCUT2D eigenvalue weighted by atomic mass is 16.5. The van der Waals surface area contributed by atoms with Crippen LogP contribution in [0.2, 0.25) is 0 Å². The van der Waals surface area contributed by atoms with E-state index in [-0.39, 0.29) is 17.4 Å². The number of carbonyl (C=O) groups excluding carboxylic acids is 1. The molecule has 142 valence electrons. The summed E-state index contributed by atoms with van der Waals surface area (Å²) in [5.41, 5.74) is 3.10. The first-order valence-electron chi connectivity index (χ1n) is 9.73. The Morgan fingerprint density at radius 1 is 1.19 bits per heavy atom. The highest BCUT2D eigenvalue weighted by Crippen LogP contribution is 2.50. The number of fused-ring (bicyclic) bond motifs is 1. The highest BCUT2D eigenvalue weighted by molar-refractivity contribution is 5.91. The van der Waals surface area contributed by atoms with Gasteiger partial charge in [0.05, 0.1) is 11.5 Å². The van der Waals surface area contributed by atoms with E-state index in [1.807, 2.05) is 24.3 Å². The Hall–Kier alpha value is -2.33.